The van der Waals surface area contributed by atoms with Crippen LogP contribution in [-0.4, -0.2) is 26.3 Å². The van der Waals surface area contributed by atoms with E-state index in [0.29, 0.717) is 12.4 Å². The van der Waals surface area contributed by atoms with E-state index in [2.05, 4.69) is 29.2 Å². The Labute approximate surface area is 152 Å². The van der Waals surface area contributed by atoms with Crippen molar-refractivity contribution in [2.24, 2.45) is 5.41 Å². The van der Waals surface area contributed by atoms with Crippen molar-refractivity contribution >= 4 is 17.5 Å². The number of carbonyl (C=O) groups is 2. The van der Waals surface area contributed by atoms with Crippen LogP contribution in [0.2, 0.25) is 0 Å². The lowest BCUT2D eigenvalue weighted by atomic mass is 9.73. The van der Waals surface area contributed by atoms with Crippen LogP contribution in [0.3, 0.4) is 0 Å². The first-order chi connectivity index (χ1) is 12.2. The Balaban J connectivity index is 1.92. The number of aryl methyl sites for hydroxylation is 1. The van der Waals surface area contributed by atoms with Crippen molar-refractivity contribution in [2.45, 2.75) is 46.6 Å². The summed E-state index contributed by atoms with van der Waals surface area (Å²) in [6.07, 6.45) is 1.26. The molecule has 6 nitrogen and oxygen atoms in total. The molecule has 0 spiro atoms. The Morgan fingerprint density at radius 3 is 2.58 bits per heavy atom. The van der Waals surface area contributed by atoms with Crippen molar-refractivity contribution in [1.29, 1.82) is 0 Å². The van der Waals surface area contributed by atoms with Crippen LogP contribution in [0.25, 0.3) is 0 Å². The highest BCUT2D eigenvalue weighted by molar-refractivity contribution is 6.00. The average Bonchev–Trinajstić information content (AvgIpc) is 2.96. The molecule has 0 amide bonds. The van der Waals surface area contributed by atoms with Crippen molar-refractivity contribution in [3.05, 3.63) is 52.5 Å². The van der Waals surface area contributed by atoms with Gasteiger partial charge in [0.1, 0.15) is 6.04 Å². The standard InChI is InChI=1S/C20H22N4O2/c1-11-5-7-13(8-6-11)17-16-14(9-20(3,4)10-15(16)26)21-19-22-18(12(2)25)23-24(17)19/h5-8,17H,9-10H2,1-4H3,(H,21,22,23). The fourth-order valence-electron chi connectivity index (χ4n) is 3.82. The quantitative estimate of drug-likeness (QED) is 0.840. The lowest BCUT2D eigenvalue weighted by Gasteiger charge is -2.38. The zero-order valence-electron chi connectivity index (χ0n) is 15.5. The lowest BCUT2D eigenvalue weighted by molar-refractivity contribution is -0.118. The van der Waals surface area contributed by atoms with E-state index in [1.165, 1.54) is 6.92 Å². The Morgan fingerprint density at radius 1 is 1.23 bits per heavy atom. The monoisotopic (exact) mass is 350 g/mol. The van der Waals surface area contributed by atoms with Crippen LogP contribution >= 0.6 is 0 Å². The van der Waals surface area contributed by atoms with Crippen molar-refractivity contribution in [3.8, 4) is 0 Å². The van der Waals surface area contributed by atoms with Crippen molar-refractivity contribution in [1.82, 2.24) is 14.8 Å². The fraction of sp³-hybridized carbons (Fsp3) is 0.400. The number of carbonyl (C=O) groups excluding carboxylic acids is 2. The summed E-state index contributed by atoms with van der Waals surface area (Å²) in [4.78, 5) is 29.2. The number of rotatable bonds is 2. The number of anilines is 1. The van der Waals surface area contributed by atoms with Gasteiger partial charge in [-0.15, -0.1) is 5.10 Å². The molecule has 1 aromatic carbocycles. The van der Waals surface area contributed by atoms with Crippen LogP contribution < -0.4 is 5.32 Å². The molecule has 2 aromatic rings. The molecule has 0 bridgehead atoms. The van der Waals surface area contributed by atoms with Crippen LogP contribution in [-0.2, 0) is 4.79 Å². The van der Waals surface area contributed by atoms with Gasteiger partial charge in [0.25, 0.3) is 0 Å². The molecule has 0 saturated heterocycles. The molecule has 6 heteroatoms. The molecule has 0 radical (unpaired) electrons. The van der Waals surface area contributed by atoms with Crippen LogP contribution in [0.4, 0.5) is 5.95 Å². The Morgan fingerprint density at radius 2 is 1.92 bits per heavy atom. The SMILES string of the molecule is CC(=O)c1nc2n(n1)C(c1ccc(C)cc1)C1=C(CC(C)(C)CC1=O)N2. The number of hydrogen-bond donors (Lipinski definition) is 1. The van der Waals surface area contributed by atoms with Gasteiger partial charge in [-0.1, -0.05) is 43.7 Å². The van der Waals surface area contributed by atoms with Gasteiger partial charge in [0, 0.05) is 24.6 Å². The number of nitrogens with zero attached hydrogens (tertiary/aromatic N) is 3. The number of aromatic nitrogens is 3. The maximum absolute atomic E-state index is 13.0. The van der Waals surface area contributed by atoms with Gasteiger partial charge in [-0.05, 0) is 24.3 Å². The molecule has 1 atom stereocenters. The largest absolute Gasteiger partial charge is 0.328 e. The summed E-state index contributed by atoms with van der Waals surface area (Å²) in [5.74, 6) is 0.613. The highest BCUT2D eigenvalue weighted by Gasteiger charge is 2.41. The number of ketones is 2. The van der Waals surface area contributed by atoms with Crippen molar-refractivity contribution < 1.29 is 9.59 Å². The second-order valence-corrected chi connectivity index (χ2v) is 8.03. The number of Topliss-reactive ketones (excluding diaryl/α,β-unsaturated/α-hetero) is 2. The summed E-state index contributed by atoms with van der Waals surface area (Å²) in [5, 5.41) is 7.67. The molecular formula is C20H22N4O2. The molecular weight excluding hydrogens is 328 g/mol. The number of hydrogen-bond acceptors (Lipinski definition) is 5. The third-order valence-corrected chi connectivity index (χ3v) is 5.04. The summed E-state index contributed by atoms with van der Waals surface area (Å²) in [7, 11) is 0. The van der Waals surface area contributed by atoms with Gasteiger partial charge >= 0.3 is 0 Å². The molecule has 0 fully saturated rings. The minimum Gasteiger partial charge on any atom is -0.328 e. The molecule has 26 heavy (non-hydrogen) atoms. The van der Waals surface area contributed by atoms with E-state index in [4.69, 9.17) is 0 Å². The number of benzene rings is 1. The molecule has 0 saturated carbocycles. The average molecular weight is 350 g/mol. The molecule has 134 valence electrons. The molecule has 1 aliphatic heterocycles. The summed E-state index contributed by atoms with van der Waals surface area (Å²) in [6.45, 7) is 7.67. The first-order valence-electron chi connectivity index (χ1n) is 8.82. The molecule has 1 aliphatic carbocycles. The van der Waals surface area contributed by atoms with Gasteiger partial charge in [0.15, 0.2) is 11.6 Å². The molecule has 1 aromatic heterocycles. The second kappa shape index (κ2) is 5.62. The highest BCUT2D eigenvalue weighted by atomic mass is 16.1. The maximum Gasteiger partial charge on any atom is 0.227 e. The maximum atomic E-state index is 13.0. The van der Waals surface area contributed by atoms with Gasteiger partial charge in [0.2, 0.25) is 11.8 Å². The predicted octanol–water partition coefficient (Wildman–Crippen LogP) is 3.45. The van der Waals surface area contributed by atoms with Crippen LogP contribution in [0.1, 0.15) is 61.4 Å². The molecule has 4 rings (SSSR count). The zero-order valence-corrected chi connectivity index (χ0v) is 15.5. The van der Waals surface area contributed by atoms with E-state index in [1.54, 1.807) is 4.68 Å². The van der Waals surface area contributed by atoms with E-state index < -0.39 is 0 Å². The first-order valence-corrected chi connectivity index (χ1v) is 8.82. The van der Waals surface area contributed by atoms with E-state index in [1.807, 2.05) is 31.2 Å². The Bertz CT molecular complexity index is 951. The van der Waals surface area contributed by atoms with E-state index in [-0.39, 0.29) is 28.8 Å². The van der Waals surface area contributed by atoms with E-state index in [9.17, 15) is 9.59 Å². The zero-order chi connectivity index (χ0) is 18.6. The second-order valence-electron chi connectivity index (χ2n) is 8.03. The Kier molecular flexibility index (Phi) is 3.61. The van der Waals surface area contributed by atoms with Crippen LogP contribution in [0.5, 0.6) is 0 Å². The summed E-state index contributed by atoms with van der Waals surface area (Å²) < 4.78 is 1.68. The van der Waals surface area contributed by atoms with Gasteiger partial charge in [-0.2, -0.15) is 4.98 Å². The third kappa shape index (κ3) is 2.66. The van der Waals surface area contributed by atoms with Crippen molar-refractivity contribution in [3.63, 3.8) is 0 Å². The molecule has 2 aliphatic rings. The topological polar surface area (TPSA) is 76.9 Å². The predicted molar refractivity (Wildman–Crippen MR) is 98.0 cm³/mol. The number of allylic oxidation sites excluding steroid dienone is 2. The third-order valence-electron chi connectivity index (χ3n) is 5.04. The minimum absolute atomic E-state index is 0.105. The lowest BCUT2D eigenvalue weighted by Crippen LogP contribution is -2.36. The molecule has 1 unspecified atom stereocenters. The van der Waals surface area contributed by atoms with Gasteiger partial charge in [0.05, 0.1) is 0 Å². The van der Waals surface area contributed by atoms with Gasteiger partial charge in [-0.25, -0.2) is 4.68 Å². The number of nitrogens with one attached hydrogen (secondary N) is 1. The summed E-state index contributed by atoms with van der Waals surface area (Å²) >= 11 is 0. The smallest absolute Gasteiger partial charge is 0.227 e. The van der Waals surface area contributed by atoms with E-state index >= 15 is 0 Å². The van der Waals surface area contributed by atoms with Crippen LogP contribution in [0.15, 0.2) is 35.5 Å². The van der Waals surface area contributed by atoms with Gasteiger partial charge < -0.3 is 5.32 Å². The normalized spacial score (nSPS) is 21.1. The van der Waals surface area contributed by atoms with Crippen molar-refractivity contribution in [2.75, 3.05) is 5.32 Å². The van der Waals surface area contributed by atoms with Crippen LogP contribution in [0, 0.1) is 12.3 Å². The summed E-state index contributed by atoms with van der Waals surface area (Å²) in [6, 6.07) is 7.73. The van der Waals surface area contributed by atoms with Gasteiger partial charge in [-0.3, -0.25) is 9.59 Å². The van der Waals surface area contributed by atoms with E-state index in [0.717, 1.165) is 28.8 Å². The summed E-state index contributed by atoms with van der Waals surface area (Å²) in [5.41, 5.74) is 3.65. The fourth-order valence-corrected chi connectivity index (χ4v) is 3.82. The molecule has 1 N–H and O–H groups in total. The molecule has 2 heterocycles. The number of fused-ring (bicyclic) bond motifs is 1. The highest BCUT2D eigenvalue weighted by Crippen LogP contribution is 2.45. The Hall–Kier alpha value is -2.76. The first kappa shape index (κ1) is 16.7. The minimum atomic E-state index is -0.356.